The van der Waals surface area contributed by atoms with Gasteiger partial charge in [-0.2, -0.15) is 0 Å². The molecule has 0 radical (unpaired) electrons. The number of unbranched alkanes of at least 4 members (excludes halogenated alkanes) is 12. The largest absolute Gasteiger partial charge is 0.291 e. The molecule has 0 saturated carbocycles. The Bertz CT molecular complexity index is 504. The lowest BCUT2D eigenvalue weighted by molar-refractivity contribution is -0.122. The molecule has 0 bridgehead atoms. The van der Waals surface area contributed by atoms with Gasteiger partial charge in [-0.1, -0.05) is 90.9 Å². The molecule has 0 aliphatic rings. The smallest absolute Gasteiger partial charge is 0.234 e. The van der Waals surface area contributed by atoms with Gasteiger partial charge < -0.3 is 0 Å². The predicted octanol–water partition coefficient (Wildman–Crippen LogP) is 6.25. The first-order chi connectivity index (χ1) is 13.8. The molecule has 0 aliphatic heterocycles. The SMILES string of the molecule is CCCCCCCCCCCCCCCC(=O)NNCc1ccnc(CC)c1. The zero-order valence-electron chi connectivity index (χ0n) is 18.4. The number of pyridine rings is 1. The van der Waals surface area contributed by atoms with Crippen molar-refractivity contribution >= 4 is 5.91 Å². The van der Waals surface area contributed by atoms with Gasteiger partial charge in [0.05, 0.1) is 0 Å². The Balaban J connectivity index is 1.86. The standard InChI is InChI=1S/C24H43N3O/c1-3-5-6-7-8-9-10-11-12-13-14-15-16-17-24(28)27-26-21-22-18-19-25-23(4-2)20-22/h18-20,26H,3-17,21H2,1-2H3,(H,27,28). The molecule has 0 aromatic carbocycles. The van der Waals surface area contributed by atoms with Gasteiger partial charge in [0.2, 0.25) is 5.91 Å². The van der Waals surface area contributed by atoms with Gasteiger partial charge in [0.15, 0.2) is 0 Å². The summed E-state index contributed by atoms with van der Waals surface area (Å²) in [4.78, 5) is 16.2. The molecule has 1 heterocycles. The molecule has 0 aliphatic carbocycles. The van der Waals surface area contributed by atoms with Crippen molar-refractivity contribution in [2.75, 3.05) is 0 Å². The fourth-order valence-electron chi connectivity index (χ4n) is 3.44. The maximum atomic E-state index is 11.9. The number of nitrogens with one attached hydrogen (secondary N) is 2. The highest BCUT2D eigenvalue weighted by atomic mass is 16.2. The summed E-state index contributed by atoms with van der Waals surface area (Å²) in [5.41, 5.74) is 8.05. The number of aryl methyl sites for hydroxylation is 1. The van der Waals surface area contributed by atoms with Crippen LogP contribution < -0.4 is 10.9 Å². The highest BCUT2D eigenvalue weighted by molar-refractivity contribution is 5.75. The highest BCUT2D eigenvalue weighted by Crippen LogP contribution is 2.12. The van der Waals surface area contributed by atoms with E-state index in [0.717, 1.165) is 30.5 Å². The van der Waals surface area contributed by atoms with E-state index in [0.29, 0.717) is 13.0 Å². The maximum absolute atomic E-state index is 11.9. The summed E-state index contributed by atoms with van der Waals surface area (Å²) < 4.78 is 0. The Hall–Kier alpha value is -1.42. The van der Waals surface area contributed by atoms with E-state index in [-0.39, 0.29) is 5.91 Å². The second-order valence-electron chi connectivity index (χ2n) is 7.90. The van der Waals surface area contributed by atoms with Crippen LogP contribution in [-0.2, 0) is 17.8 Å². The zero-order chi connectivity index (χ0) is 20.3. The topological polar surface area (TPSA) is 54.0 Å². The van der Waals surface area contributed by atoms with E-state index in [9.17, 15) is 4.79 Å². The summed E-state index contributed by atoms with van der Waals surface area (Å²) in [6, 6.07) is 4.05. The van der Waals surface area contributed by atoms with Gasteiger partial charge in [-0.3, -0.25) is 15.2 Å². The molecule has 4 nitrogen and oxygen atoms in total. The van der Waals surface area contributed by atoms with Crippen molar-refractivity contribution in [1.82, 2.24) is 15.8 Å². The van der Waals surface area contributed by atoms with E-state index in [1.54, 1.807) is 0 Å². The van der Waals surface area contributed by atoms with Crippen LogP contribution >= 0.6 is 0 Å². The van der Waals surface area contributed by atoms with Crippen LogP contribution in [0.5, 0.6) is 0 Å². The molecule has 4 heteroatoms. The zero-order valence-corrected chi connectivity index (χ0v) is 18.4. The van der Waals surface area contributed by atoms with E-state index in [2.05, 4.69) is 35.7 Å². The Morgan fingerprint density at radius 2 is 1.43 bits per heavy atom. The minimum atomic E-state index is 0.0906. The molecule has 0 saturated heterocycles. The van der Waals surface area contributed by atoms with E-state index in [4.69, 9.17) is 0 Å². The maximum Gasteiger partial charge on any atom is 0.234 e. The number of amides is 1. The number of carbonyl (C=O) groups is 1. The number of rotatable bonds is 18. The molecule has 28 heavy (non-hydrogen) atoms. The molecular formula is C24H43N3O. The van der Waals surface area contributed by atoms with Gasteiger partial charge in [-0.05, 0) is 30.5 Å². The monoisotopic (exact) mass is 389 g/mol. The molecule has 1 rings (SSSR count). The van der Waals surface area contributed by atoms with E-state index in [1.165, 1.54) is 70.6 Å². The Morgan fingerprint density at radius 1 is 0.857 bits per heavy atom. The summed E-state index contributed by atoms with van der Waals surface area (Å²) in [6.45, 7) is 5.01. The Morgan fingerprint density at radius 3 is 2.00 bits per heavy atom. The number of hydrazine groups is 1. The van der Waals surface area contributed by atoms with Crippen molar-refractivity contribution in [2.24, 2.45) is 0 Å². The summed E-state index contributed by atoms with van der Waals surface area (Å²) in [5, 5.41) is 0. The molecule has 160 valence electrons. The third-order valence-electron chi connectivity index (χ3n) is 5.27. The molecular weight excluding hydrogens is 346 g/mol. The van der Waals surface area contributed by atoms with Crippen molar-refractivity contribution < 1.29 is 4.79 Å². The first kappa shape index (κ1) is 24.6. The number of carbonyl (C=O) groups excluding carboxylic acids is 1. The molecule has 1 aromatic rings. The van der Waals surface area contributed by atoms with Crippen molar-refractivity contribution in [3.05, 3.63) is 29.6 Å². The lowest BCUT2D eigenvalue weighted by Crippen LogP contribution is -2.36. The third-order valence-corrected chi connectivity index (χ3v) is 5.27. The normalized spacial score (nSPS) is 10.9. The second kappa shape index (κ2) is 17.7. The fraction of sp³-hybridized carbons (Fsp3) is 0.750. The summed E-state index contributed by atoms with van der Waals surface area (Å²) in [7, 11) is 0. The minimum absolute atomic E-state index is 0.0906. The van der Waals surface area contributed by atoms with Crippen LogP contribution in [-0.4, -0.2) is 10.9 Å². The van der Waals surface area contributed by atoms with Crippen molar-refractivity contribution in [2.45, 2.75) is 117 Å². The summed E-state index contributed by atoms with van der Waals surface area (Å²) >= 11 is 0. The van der Waals surface area contributed by atoms with E-state index >= 15 is 0 Å². The Kier molecular flexibility index (Phi) is 15.5. The van der Waals surface area contributed by atoms with Crippen LogP contribution in [0.4, 0.5) is 0 Å². The van der Waals surface area contributed by atoms with Crippen molar-refractivity contribution in [1.29, 1.82) is 0 Å². The van der Waals surface area contributed by atoms with Gasteiger partial charge in [0.25, 0.3) is 0 Å². The lowest BCUT2D eigenvalue weighted by atomic mass is 10.0. The molecule has 0 atom stereocenters. The summed E-state index contributed by atoms with van der Waals surface area (Å²) in [5.74, 6) is 0.0906. The fourth-order valence-corrected chi connectivity index (χ4v) is 3.44. The van der Waals surface area contributed by atoms with Crippen LogP contribution in [0.2, 0.25) is 0 Å². The highest BCUT2D eigenvalue weighted by Gasteiger charge is 2.01. The third kappa shape index (κ3) is 13.7. The molecule has 0 spiro atoms. The first-order valence-electron chi connectivity index (χ1n) is 11.7. The van der Waals surface area contributed by atoms with Crippen LogP contribution in [0.25, 0.3) is 0 Å². The van der Waals surface area contributed by atoms with Crippen LogP contribution in [0.15, 0.2) is 18.3 Å². The molecule has 1 amide bonds. The van der Waals surface area contributed by atoms with Gasteiger partial charge in [0.1, 0.15) is 0 Å². The first-order valence-corrected chi connectivity index (χ1v) is 11.7. The summed E-state index contributed by atoms with van der Waals surface area (Å²) in [6.07, 6.45) is 20.6. The average Bonchev–Trinajstić information content (AvgIpc) is 2.71. The number of hydrogen-bond donors (Lipinski definition) is 2. The number of hydrogen-bond acceptors (Lipinski definition) is 3. The molecule has 0 unspecified atom stereocenters. The van der Waals surface area contributed by atoms with E-state index < -0.39 is 0 Å². The Labute approximate surface area is 173 Å². The number of nitrogens with zero attached hydrogens (tertiary/aromatic N) is 1. The van der Waals surface area contributed by atoms with E-state index in [1.807, 2.05) is 12.3 Å². The van der Waals surface area contributed by atoms with Gasteiger partial charge in [0, 0.05) is 24.9 Å². The quantitative estimate of drug-likeness (QED) is 0.230. The predicted molar refractivity (Wildman–Crippen MR) is 119 cm³/mol. The number of aromatic nitrogens is 1. The van der Waals surface area contributed by atoms with Crippen LogP contribution in [0, 0.1) is 0 Å². The van der Waals surface area contributed by atoms with Crippen LogP contribution in [0.1, 0.15) is 115 Å². The molecule has 0 fully saturated rings. The van der Waals surface area contributed by atoms with Crippen molar-refractivity contribution in [3.63, 3.8) is 0 Å². The second-order valence-corrected chi connectivity index (χ2v) is 7.90. The molecule has 2 N–H and O–H groups in total. The van der Waals surface area contributed by atoms with Crippen molar-refractivity contribution in [3.8, 4) is 0 Å². The average molecular weight is 390 g/mol. The van der Waals surface area contributed by atoms with Gasteiger partial charge in [-0.25, -0.2) is 5.43 Å². The van der Waals surface area contributed by atoms with Crippen LogP contribution in [0.3, 0.4) is 0 Å². The molecule has 1 aromatic heterocycles. The van der Waals surface area contributed by atoms with Gasteiger partial charge in [-0.15, -0.1) is 0 Å². The minimum Gasteiger partial charge on any atom is -0.291 e. The lowest BCUT2D eigenvalue weighted by Gasteiger charge is -2.08. The van der Waals surface area contributed by atoms with Gasteiger partial charge >= 0.3 is 0 Å².